The number of carbonyl (C=O) groups is 2. The van der Waals surface area contributed by atoms with Crippen LogP contribution in [0.4, 0.5) is 10.5 Å². The van der Waals surface area contributed by atoms with Crippen molar-refractivity contribution < 1.29 is 14.7 Å². The fourth-order valence-electron chi connectivity index (χ4n) is 2.40. The second-order valence-corrected chi connectivity index (χ2v) is 4.56. The van der Waals surface area contributed by atoms with Gasteiger partial charge < -0.3 is 10.0 Å². The van der Waals surface area contributed by atoms with Crippen LogP contribution in [0.3, 0.4) is 0 Å². The lowest BCUT2D eigenvalue weighted by Gasteiger charge is -2.26. The maximum absolute atomic E-state index is 12.5. The monoisotopic (exact) mass is 272 g/mol. The van der Waals surface area contributed by atoms with Gasteiger partial charge in [-0.15, -0.1) is 6.42 Å². The molecule has 104 valence electrons. The Morgan fingerprint density at radius 2 is 2.20 bits per heavy atom. The van der Waals surface area contributed by atoms with Gasteiger partial charge >= 0.3 is 12.0 Å². The average Bonchev–Trinajstić information content (AvgIpc) is 2.84. The summed E-state index contributed by atoms with van der Waals surface area (Å²) < 4.78 is 0. The second kappa shape index (κ2) is 5.66. The van der Waals surface area contributed by atoms with Gasteiger partial charge in [-0.1, -0.05) is 24.1 Å². The second-order valence-electron chi connectivity index (χ2n) is 4.56. The number of hydrogen-bond acceptors (Lipinski definition) is 2. The van der Waals surface area contributed by atoms with Gasteiger partial charge in [0.15, 0.2) is 0 Å². The number of carbonyl (C=O) groups excluding carboxylic acids is 1. The minimum absolute atomic E-state index is 0.147. The van der Waals surface area contributed by atoms with Crippen LogP contribution < -0.4 is 4.90 Å². The zero-order valence-corrected chi connectivity index (χ0v) is 11.2. The molecule has 20 heavy (non-hydrogen) atoms. The number of urea groups is 1. The number of carboxylic acid groups (broad SMARTS) is 1. The Morgan fingerprint density at radius 3 is 2.80 bits per heavy atom. The summed E-state index contributed by atoms with van der Waals surface area (Å²) in [6.07, 6.45) is 5.26. The predicted octanol–water partition coefficient (Wildman–Crippen LogP) is 1.75. The van der Waals surface area contributed by atoms with E-state index in [1.54, 1.807) is 24.3 Å². The van der Waals surface area contributed by atoms with Gasteiger partial charge in [-0.25, -0.2) is 4.79 Å². The third kappa shape index (κ3) is 2.32. The van der Waals surface area contributed by atoms with Crippen molar-refractivity contribution in [2.24, 2.45) is 0 Å². The van der Waals surface area contributed by atoms with E-state index in [0.29, 0.717) is 17.8 Å². The molecule has 0 fully saturated rings. The number of terminal acetylenes is 1. The number of hydrogen-bond donors (Lipinski definition) is 1. The summed E-state index contributed by atoms with van der Waals surface area (Å²) in [5.74, 6) is 0.839. The van der Waals surface area contributed by atoms with E-state index in [1.165, 1.54) is 9.80 Å². The number of aliphatic carboxylic acids is 1. The Morgan fingerprint density at radius 1 is 1.50 bits per heavy atom. The predicted molar refractivity (Wildman–Crippen MR) is 75.6 cm³/mol. The van der Waals surface area contributed by atoms with Crippen LogP contribution in [0.25, 0.3) is 0 Å². The van der Waals surface area contributed by atoms with Crippen molar-refractivity contribution in [1.82, 2.24) is 4.90 Å². The van der Waals surface area contributed by atoms with Crippen molar-refractivity contribution in [3.05, 3.63) is 29.8 Å². The molecule has 5 heteroatoms. The molecule has 0 aliphatic carbocycles. The first-order chi connectivity index (χ1) is 9.60. The van der Waals surface area contributed by atoms with Crippen LogP contribution in [-0.2, 0) is 4.79 Å². The molecule has 1 heterocycles. The lowest BCUT2D eigenvalue weighted by Crippen LogP contribution is -2.43. The molecule has 2 rings (SSSR count). The third-order valence-corrected chi connectivity index (χ3v) is 3.43. The van der Waals surface area contributed by atoms with Crippen LogP contribution in [0, 0.1) is 12.3 Å². The lowest BCUT2D eigenvalue weighted by molar-refractivity contribution is -0.138. The first-order valence-corrected chi connectivity index (χ1v) is 6.41. The highest BCUT2D eigenvalue weighted by Gasteiger charge is 2.37. The summed E-state index contributed by atoms with van der Waals surface area (Å²) in [6, 6.07) is 6.84. The molecule has 1 aromatic rings. The molecule has 1 N–H and O–H groups in total. The zero-order valence-electron chi connectivity index (χ0n) is 11.2. The highest BCUT2D eigenvalue weighted by Crippen LogP contribution is 2.36. The summed E-state index contributed by atoms with van der Waals surface area (Å²) in [4.78, 5) is 26.8. The summed E-state index contributed by atoms with van der Waals surface area (Å²) in [6.45, 7) is 2.69. The minimum atomic E-state index is -0.923. The van der Waals surface area contributed by atoms with Gasteiger partial charge in [-0.3, -0.25) is 9.69 Å². The van der Waals surface area contributed by atoms with Gasteiger partial charge in [0.25, 0.3) is 0 Å². The molecule has 2 amide bonds. The van der Waals surface area contributed by atoms with Gasteiger partial charge in [0.1, 0.15) is 5.92 Å². The summed E-state index contributed by atoms with van der Waals surface area (Å²) >= 11 is 0. The molecule has 1 aromatic carbocycles. The summed E-state index contributed by atoms with van der Waals surface area (Å²) in [7, 11) is 0. The molecule has 1 aliphatic rings. The largest absolute Gasteiger partial charge is 0.481 e. The standard InChI is InChI=1S/C15H16N2O3/c1-3-9-16(4-2)15(20)17-10-12(14(18)19)11-7-5-6-8-13(11)17/h1,5-8,12H,4,9-10H2,2H3,(H,18,19). The van der Waals surface area contributed by atoms with E-state index < -0.39 is 11.9 Å². The van der Waals surface area contributed by atoms with Gasteiger partial charge in [0.2, 0.25) is 0 Å². The highest BCUT2D eigenvalue weighted by molar-refractivity contribution is 5.98. The Bertz CT molecular complexity index is 577. The van der Waals surface area contributed by atoms with Crippen LogP contribution in [0.2, 0.25) is 0 Å². The van der Waals surface area contributed by atoms with Crippen molar-refractivity contribution in [3.8, 4) is 12.3 Å². The van der Waals surface area contributed by atoms with E-state index >= 15 is 0 Å². The van der Waals surface area contributed by atoms with Crippen LogP contribution in [0.15, 0.2) is 24.3 Å². The van der Waals surface area contributed by atoms with Crippen LogP contribution in [-0.4, -0.2) is 41.6 Å². The third-order valence-electron chi connectivity index (χ3n) is 3.43. The molecule has 1 aliphatic heterocycles. The van der Waals surface area contributed by atoms with Crippen molar-refractivity contribution in [1.29, 1.82) is 0 Å². The number of benzene rings is 1. The van der Waals surface area contributed by atoms with Crippen molar-refractivity contribution in [2.75, 3.05) is 24.5 Å². The maximum Gasteiger partial charge on any atom is 0.325 e. The summed E-state index contributed by atoms with van der Waals surface area (Å²) in [5.41, 5.74) is 1.32. The number of nitrogens with zero attached hydrogens (tertiary/aromatic N) is 2. The van der Waals surface area contributed by atoms with Gasteiger partial charge in [0, 0.05) is 18.8 Å². The molecule has 5 nitrogen and oxygen atoms in total. The molecular formula is C15H16N2O3. The van der Waals surface area contributed by atoms with Gasteiger partial charge in [-0.05, 0) is 18.6 Å². The number of rotatable bonds is 3. The van der Waals surface area contributed by atoms with E-state index in [2.05, 4.69) is 5.92 Å². The average molecular weight is 272 g/mol. The SMILES string of the molecule is C#CCN(CC)C(=O)N1CC(C(=O)O)c2ccccc21. The van der Waals surface area contributed by atoms with Crippen LogP contribution in [0.5, 0.6) is 0 Å². The van der Waals surface area contributed by atoms with Crippen LogP contribution in [0.1, 0.15) is 18.4 Å². The minimum Gasteiger partial charge on any atom is -0.481 e. The number of amides is 2. The number of fused-ring (bicyclic) bond motifs is 1. The number of anilines is 1. The first kappa shape index (κ1) is 13.9. The molecule has 1 unspecified atom stereocenters. The van der Waals surface area contributed by atoms with E-state index in [1.807, 2.05) is 6.92 Å². The normalized spacial score (nSPS) is 16.4. The summed E-state index contributed by atoms with van der Waals surface area (Å²) in [5, 5.41) is 9.27. The topological polar surface area (TPSA) is 60.9 Å². The van der Waals surface area contributed by atoms with Crippen molar-refractivity contribution >= 4 is 17.7 Å². The number of para-hydroxylation sites is 1. The quantitative estimate of drug-likeness (QED) is 0.853. The molecular weight excluding hydrogens is 256 g/mol. The lowest BCUT2D eigenvalue weighted by atomic mass is 10.0. The zero-order chi connectivity index (χ0) is 14.7. The smallest absolute Gasteiger partial charge is 0.325 e. The van der Waals surface area contributed by atoms with Gasteiger partial charge in [-0.2, -0.15) is 0 Å². The molecule has 0 spiro atoms. The maximum atomic E-state index is 12.5. The molecule has 0 radical (unpaired) electrons. The van der Waals surface area contributed by atoms with E-state index in [4.69, 9.17) is 6.42 Å². The Labute approximate surface area is 117 Å². The van der Waals surface area contributed by atoms with E-state index in [0.717, 1.165) is 0 Å². The fraction of sp³-hybridized carbons (Fsp3) is 0.333. The number of carboxylic acids is 1. The molecule has 0 saturated heterocycles. The Hall–Kier alpha value is -2.48. The van der Waals surface area contributed by atoms with Gasteiger partial charge in [0.05, 0.1) is 6.54 Å². The fourth-order valence-corrected chi connectivity index (χ4v) is 2.40. The Balaban J connectivity index is 2.33. The van der Waals surface area contributed by atoms with Crippen molar-refractivity contribution in [2.45, 2.75) is 12.8 Å². The van der Waals surface area contributed by atoms with Crippen LogP contribution >= 0.6 is 0 Å². The molecule has 0 bridgehead atoms. The van der Waals surface area contributed by atoms with E-state index in [9.17, 15) is 14.7 Å². The first-order valence-electron chi connectivity index (χ1n) is 6.41. The molecule has 1 atom stereocenters. The Kier molecular flexibility index (Phi) is 3.94. The molecule has 0 aromatic heterocycles. The molecule has 0 saturated carbocycles. The highest BCUT2D eigenvalue weighted by atomic mass is 16.4. The van der Waals surface area contributed by atoms with E-state index in [-0.39, 0.29) is 19.1 Å². The van der Waals surface area contributed by atoms with Crippen molar-refractivity contribution in [3.63, 3.8) is 0 Å².